The van der Waals surface area contributed by atoms with E-state index in [2.05, 4.69) is 5.32 Å². The molecular weight excluding hydrogens is 292 g/mol. The smallest absolute Gasteiger partial charge is 0.346 e. The Kier molecular flexibility index (Phi) is 4.62. The number of nitrogens with zero attached hydrogens (tertiary/aromatic N) is 1. The number of carbonyl (C=O) groups excluding carboxylic acids is 2. The zero-order valence-corrected chi connectivity index (χ0v) is 12.8. The summed E-state index contributed by atoms with van der Waals surface area (Å²) in [5.74, 6) is -1.40. The van der Waals surface area contributed by atoms with Crippen LogP contribution in [0.25, 0.3) is 0 Å². The van der Waals surface area contributed by atoms with Crippen molar-refractivity contribution in [2.45, 2.75) is 26.7 Å². The Balaban J connectivity index is 2.02. The second kappa shape index (κ2) is 6.26. The molecule has 1 aromatic rings. The van der Waals surface area contributed by atoms with Crippen molar-refractivity contribution in [3.63, 3.8) is 0 Å². The van der Waals surface area contributed by atoms with Gasteiger partial charge in [0.15, 0.2) is 0 Å². The molecule has 2 amide bonds. The number of aromatic carboxylic acids is 1. The standard InChI is InChI=1S/C14H18N2O4S/c1-8-6-11(21-12(8)14(19)20)15-13(18)10-4-3-5-16(7-10)9(2)17/h6,10H,3-5,7H2,1-2H3,(H,15,18)(H,19,20). The number of aryl methyl sites for hydroxylation is 1. The largest absolute Gasteiger partial charge is 0.477 e. The van der Waals surface area contributed by atoms with Gasteiger partial charge in [0.05, 0.1) is 10.9 Å². The Morgan fingerprint density at radius 1 is 1.43 bits per heavy atom. The molecular formula is C14H18N2O4S. The van der Waals surface area contributed by atoms with Crippen LogP contribution in [0.2, 0.25) is 0 Å². The Bertz CT molecular complexity index is 582. The molecule has 0 spiro atoms. The number of carbonyl (C=O) groups is 3. The number of amides is 2. The highest BCUT2D eigenvalue weighted by Gasteiger charge is 2.27. The highest BCUT2D eigenvalue weighted by molar-refractivity contribution is 7.18. The van der Waals surface area contributed by atoms with Crippen molar-refractivity contribution in [1.29, 1.82) is 0 Å². The van der Waals surface area contributed by atoms with E-state index in [1.54, 1.807) is 17.9 Å². The summed E-state index contributed by atoms with van der Waals surface area (Å²) in [5.41, 5.74) is 0.636. The lowest BCUT2D eigenvalue weighted by Crippen LogP contribution is -2.42. The maximum Gasteiger partial charge on any atom is 0.346 e. The number of thiophene rings is 1. The summed E-state index contributed by atoms with van der Waals surface area (Å²) in [6, 6.07) is 1.66. The van der Waals surface area contributed by atoms with E-state index in [0.29, 0.717) is 23.7 Å². The number of nitrogens with one attached hydrogen (secondary N) is 1. The molecule has 2 heterocycles. The lowest BCUT2D eigenvalue weighted by atomic mass is 9.97. The molecule has 1 aromatic heterocycles. The summed E-state index contributed by atoms with van der Waals surface area (Å²) in [5, 5.41) is 12.3. The van der Waals surface area contributed by atoms with Gasteiger partial charge in [-0.2, -0.15) is 0 Å². The van der Waals surface area contributed by atoms with Gasteiger partial charge in [0.25, 0.3) is 0 Å². The molecule has 0 saturated carbocycles. The normalized spacial score (nSPS) is 18.4. The fraction of sp³-hybridized carbons (Fsp3) is 0.500. The minimum Gasteiger partial charge on any atom is -0.477 e. The topological polar surface area (TPSA) is 86.7 Å². The highest BCUT2D eigenvalue weighted by Crippen LogP contribution is 2.28. The third-order valence-corrected chi connectivity index (χ3v) is 4.74. The number of hydrogen-bond acceptors (Lipinski definition) is 4. The van der Waals surface area contributed by atoms with Crippen LogP contribution in [-0.4, -0.2) is 40.9 Å². The molecule has 114 valence electrons. The van der Waals surface area contributed by atoms with Crippen LogP contribution in [0.15, 0.2) is 6.07 Å². The third-order valence-electron chi connectivity index (χ3n) is 3.60. The highest BCUT2D eigenvalue weighted by atomic mass is 32.1. The van der Waals surface area contributed by atoms with Crippen LogP contribution < -0.4 is 5.32 Å². The van der Waals surface area contributed by atoms with E-state index in [1.807, 2.05) is 0 Å². The van der Waals surface area contributed by atoms with E-state index in [1.165, 1.54) is 6.92 Å². The SMILES string of the molecule is CC(=O)N1CCCC(C(=O)Nc2cc(C)c(C(=O)O)s2)C1. The lowest BCUT2D eigenvalue weighted by Gasteiger charge is -2.31. The van der Waals surface area contributed by atoms with Crippen molar-refractivity contribution in [3.05, 3.63) is 16.5 Å². The first-order valence-electron chi connectivity index (χ1n) is 6.78. The number of anilines is 1. The van der Waals surface area contributed by atoms with E-state index < -0.39 is 5.97 Å². The summed E-state index contributed by atoms with van der Waals surface area (Å²) < 4.78 is 0. The molecule has 0 radical (unpaired) electrons. The van der Waals surface area contributed by atoms with E-state index >= 15 is 0 Å². The van der Waals surface area contributed by atoms with Gasteiger partial charge in [-0.15, -0.1) is 11.3 Å². The first-order valence-corrected chi connectivity index (χ1v) is 7.60. The summed E-state index contributed by atoms with van der Waals surface area (Å²) in [4.78, 5) is 36.5. The molecule has 1 unspecified atom stereocenters. The molecule has 1 aliphatic heterocycles. The maximum absolute atomic E-state index is 12.2. The number of likely N-dealkylation sites (tertiary alicyclic amines) is 1. The summed E-state index contributed by atoms with van der Waals surface area (Å²) >= 11 is 1.05. The summed E-state index contributed by atoms with van der Waals surface area (Å²) in [6.45, 7) is 4.33. The number of carboxylic acids is 1. The minimum atomic E-state index is -0.988. The molecule has 1 saturated heterocycles. The maximum atomic E-state index is 12.2. The molecule has 1 atom stereocenters. The van der Waals surface area contributed by atoms with Gasteiger partial charge < -0.3 is 15.3 Å². The lowest BCUT2D eigenvalue weighted by molar-refractivity contribution is -0.132. The predicted molar refractivity (Wildman–Crippen MR) is 79.6 cm³/mol. The van der Waals surface area contributed by atoms with Crippen LogP contribution in [0, 0.1) is 12.8 Å². The monoisotopic (exact) mass is 310 g/mol. The molecule has 1 aliphatic rings. The molecule has 0 aromatic carbocycles. The number of piperidine rings is 1. The first kappa shape index (κ1) is 15.5. The zero-order valence-electron chi connectivity index (χ0n) is 12.0. The van der Waals surface area contributed by atoms with Gasteiger partial charge >= 0.3 is 5.97 Å². The van der Waals surface area contributed by atoms with Crippen molar-refractivity contribution >= 4 is 34.1 Å². The quantitative estimate of drug-likeness (QED) is 0.893. The fourth-order valence-electron chi connectivity index (χ4n) is 2.46. The predicted octanol–water partition coefficient (Wildman–Crippen LogP) is 1.95. The van der Waals surface area contributed by atoms with Crippen LogP contribution in [0.5, 0.6) is 0 Å². The number of rotatable bonds is 3. The van der Waals surface area contributed by atoms with Crippen molar-refractivity contribution in [2.24, 2.45) is 5.92 Å². The number of carboxylic acid groups (broad SMARTS) is 1. The summed E-state index contributed by atoms with van der Waals surface area (Å²) in [6.07, 6.45) is 1.55. The van der Waals surface area contributed by atoms with E-state index in [9.17, 15) is 14.4 Å². The molecule has 0 aliphatic carbocycles. The number of hydrogen-bond donors (Lipinski definition) is 2. The second-order valence-electron chi connectivity index (χ2n) is 5.22. The molecule has 7 heteroatoms. The Hall–Kier alpha value is -1.89. The molecule has 1 fully saturated rings. The van der Waals surface area contributed by atoms with Crippen LogP contribution in [0.1, 0.15) is 35.0 Å². The second-order valence-corrected chi connectivity index (χ2v) is 6.27. The molecule has 6 nitrogen and oxygen atoms in total. The van der Waals surface area contributed by atoms with Gasteiger partial charge in [0.2, 0.25) is 11.8 Å². The van der Waals surface area contributed by atoms with Gasteiger partial charge in [-0.25, -0.2) is 4.79 Å². The average molecular weight is 310 g/mol. The molecule has 0 bridgehead atoms. The van der Waals surface area contributed by atoms with Gasteiger partial charge in [0.1, 0.15) is 4.88 Å². The van der Waals surface area contributed by atoms with Crippen molar-refractivity contribution in [2.75, 3.05) is 18.4 Å². The Morgan fingerprint density at radius 2 is 2.14 bits per heavy atom. The Morgan fingerprint density at radius 3 is 2.71 bits per heavy atom. The van der Waals surface area contributed by atoms with Gasteiger partial charge in [-0.3, -0.25) is 9.59 Å². The van der Waals surface area contributed by atoms with Gasteiger partial charge in [0, 0.05) is 20.0 Å². The fourth-order valence-corrected chi connectivity index (χ4v) is 3.37. The minimum absolute atomic E-state index is 0.0207. The van der Waals surface area contributed by atoms with E-state index in [4.69, 9.17) is 5.11 Å². The Labute approximate surface area is 126 Å². The van der Waals surface area contributed by atoms with Crippen molar-refractivity contribution in [1.82, 2.24) is 4.90 Å². The average Bonchev–Trinajstić information content (AvgIpc) is 2.79. The van der Waals surface area contributed by atoms with E-state index in [-0.39, 0.29) is 22.6 Å². The molecule has 2 N–H and O–H groups in total. The van der Waals surface area contributed by atoms with Crippen molar-refractivity contribution < 1.29 is 19.5 Å². The molecule has 2 rings (SSSR count). The molecule has 21 heavy (non-hydrogen) atoms. The first-order chi connectivity index (χ1) is 9.88. The van der Waals surface area contributed by atoms with Crippen molar-refractivity contribution in [3.8, 4) is 0 Å². The zero-order chi connectivity index (χ0) is 15.6. The summed E-state index contributed by atoms with van der Waals surface area (Å²) in [7, 11) is 0. The van der Waals surface area contributed by atoms with Crippen LogP contribution in [0.3, 0.4) is 0 Å². The van der Waals surface area contributed by atoms with E-state index in [0.717, 1.165) is 24.2 Å². The van der Waals surface area contributed by atoms with Crippen LogP contribution in [-0.2, 0) is 9.59 Å². The van der Waals surface area contributed by atoms with Gasteiger partial charge in [-0.05, 0) is 31.4 Å². The van der Waals surface area contributed by atoms with Gasteiger partial charge in [-0.1, -0.05) is 0 Å². The van der Waals surface area contributed by atoms with Crippen LogP contribution in [0.4, 0.5) is 5.00 Å². The third kappa shape index (κ3) is 3.60. The van der Waals surface area contributed by atoms with Crippen LogP contribution >= 0.6 is 11.3 Å².